The van der Waals surface area contributed by atoms with Gasteiger partial charge in [0.15, 0.2) is 0 Å². The Balaban J connectivity index is 1.03. The Kier molecular flexibility index (Phi) is 10.4. The maximum absolute atomic E-state index is 12.3. The van der Waals surface area contributed by atoms with Gasteiger partial charge in [-0.15, -0.1) is 0 Å². The Labute approximate surface area is 175 Å². The van der Waals surface area contributed by atoms with Crippen LogP contribution in [0.5, 0.6) is 0 Å². The highest BCUT2D eigenvalue weighted by Gasteiger charge is 2.34. The summed E-state index contributed by atoms with van der Waals surface area (Å²) in [6.45, 7) is 3.78. The molecular weight excluding hydrogens is 342 g/mol. The van der Waals surface area contributed by atoms with Crippen molar-refractivity contribution in [1.82, 2.24) is 4.90 Å². The van der Waals surface area contributed by atoms with E-state index < -0.39 is 0 Å². The van der Waals surface area contributed by atoms with E-state index in [1.54, 1.807) is 0 Å². The Morgan fingerprint density at radius 1 is 0.679 bits per heavy atom. The van der Waals surface area contributed by atoms with Gasteiger partial charge in [0.2, 0.25) is 0 Å². The average molecular weight is 390 g/mol. The molecule has 1 unspecified atom stereocenters. The predicted octanol–water partition coefficient (Wildman–Crippen LogP) is 7.16. The van der Waals surface area contributed by atoms with Gasteiger partial charge in [-0.25, -0.2) is 0 Å². The number of Topliss-reactive ketones (excluding diaryl/α,β-unsaturated/α-hetero) is 1. The van der Waals surface area contributed by atoms with Gasteiger partial charge in [0.05, 0.1) is 0 Å². The standard InChI is InChI=1S/C26H47NO/c28-26(21-25-22-27-19-17-24(25)18-20-27)14-12-10-8-6-4-2-1-3-5-7-9-11-13-23-15-16-23/h23-25H,1-22H2. The summed E-state index contributed by atoms with van der Waals surface area (Å²) in [4.78, 5) is 14.9. The number of carbonyl (C=O) groups excluding carboxylic acids is 1. The van der Waals surface area contributed by atoms with E-state index >= 15 is 0 Å². The topological polar surface area (TPSA) is 20.3 Å². The van der Waals surface area contributed by atoms with Crippen molar-refractivity contribution in [1.29, 1.82) is 0 Å². The highest BCUT2D eigenvalue weighted by atomic mass is 16.1. The van der Waals surface area contributed by atoms with Gasteiger partial charge in [-0.05, 0) is 50.1 Å². The van der Waals surface area contributed by atoms with Crippen molar-refractivity contribution < 1.29 is 4.79 Å². The summed E-state index contributed by atoms with van der Waals surface area (Å²) in [5.74, 6) is 3.23. The van der Waals surface area contributed by atoms with E-state index in [1.807, 2.05) is 0 Å². The van der Waals surface area contributed by atoms with Crippen LogP contribution in [-0.2, 0) is 4.79 Å². The predicted molar refractivity (Wildman–Crippen MR) is 120 cm³/mol. The largest absolute Gasteiger partial charge is 0.303 e. The van der Waals surface area contributed by atoms with Crippen LogP contribution in [0.25, 0.3) is 0 Å². The normalized spacial score (nSPS) is 26.6. The lowest BCUT2D eigenvalue weighted by atomic mass is 9.76. The monoisotopic (exact) mass is 389 g/mol. The first-order chi connectivity index (χ1) is 13.8. The molecule has 162 valence electrons. The van der Waals surface area contributed by atoms with Crippen molar-refractivity contribution in [2.75, 3.05) is 19.6 Å². The van der Waals surface area contributed by atoms with E-state index in [2.05, 4.69) is 4.90 Å². The number of hydrogen-bond acceptors (Lipinski definition) is 2. The maximum atomic E-state index is 12.3. The molecule has 0 aromatic carbocycles. The zero-order valence-electron chi connectivity index (χ0n) is 18.6. The molecule has 4 aliphatic rings. The summed E-state index contributed by atoms with van der Waals surface area (Å²) in [6.07, 6.45) is 25.8. The molecule has 3 heterocycles. The van der Waals surface area contributed by atoms with Gasteiger partial charge >= 0.3 is 0 Å². The maximum Gasteiger partial charge on any atom is 0.133 e. The van der Waals surface area contributed by atoms with Crippen LogP contribution in [0.2, 0.25) is 0 Å². The molecule has 0 spiro atoms. The lowest BCUT2D eigenvalue weighted by Crippen LogP contribution is -2.47. The number of nitrogens with zero attached hydrogens (tertiary/aromatic N) is 1. The zero-order chi connectivity index (χ0) is 19.4. The second-order valence-corrected chi connectivity index (χ2v) is 10.4. The van der Waals surface area contributed by atoms with Crippen LogP contribution in [0, 0.1) is 17.8 Å². The molecule has 0 N–H and O–H groups in total. The molecule has 0 amide bonds. The third-order valence-corrected chi connectivity index (χ3v) is 7.80. The Hall–Kier alpha value is -0.370. The summed E-state index contributed by atoms with van der Waals surface area (Å²) in [5.41, 5.74) is 0. The molecule has 2 heteroatoms. The minimum absolute atomic E-state index is 0.552. The van der Waals surface area contributed by atoms with Crippen molar-refractivity contribution in [3.8, 4) is 0 Å². The van der Waals surface area contributed by atoms with Crippen molar-refractivity contribution >= 4 is 5.78 Å². The Morgan fingerprint density at radius 2 is 1.21 bits per heavy atom. The molecule has 0 radical (unpaired) electrons. The minimum atomic E-state index is 0.552. The second kappa shape index (κ2) is 13.0. The summed E-state index contributed by atoms with van der Waals surface area (Å²) >= 11 is 0. The quantitative estimate of drug-likeness (QED) is 0.246. The van der Waals surface area contributed by atoms with Gasteiger partial charge in [0.25, 0.3) is 0 Å². The third kappa shape index (κ3) is 8.97. The highest BCUT2D eigenvalue weighted by molar-refractivity contribution is 5.78. The lowest BCUT2D eigenvalue weighted by molar-refractivity contribution is -0.121. The number of ketones is 1. The number of hydrogen-bond donors (Lipinski definition) is 0. The van der Waals surface area contributed by atoms with Crippen LogP contribution in [0.4, 0.5) is 0 Å². The molecule has 3 aliphatic heterocycles. The van der Waals surface area contributed by atoms with Crippen molar-refractivity contribution in [3.63, 3.8) is 0 Å². The minimum Gasteiger partial charge on any atom is -0.303 e. The molecular formula is C26H47NO. The van der Waals surface area contributed by atoms with Gasteiger partial charge in [0.1, 0.15) is 5.78 Å². The van der Waals surface area contributed by atoms with Crippen LogP contribution in [0.3, 0.4) is 0 Å². The number of fused-ring (bicyclic) bond motifs is 3. The SMILES string of the molecule is O=C(CCCCCCCCCCCCCCC1CC1)CC1CN2CCC1CC2. The first kappa shape index (κ1) is 22.3. The second-order valence-electron chi connectivity index (χ2n) is 10.4. The van der Waals surface area contributed by atoms with Gasteiger partial charge in [-0.1, -0.05) is 89.9 Å². The summed E-state index contributed by atoms with van der Waals surface area (Å²) in [6, 6.07) is 0. The van der Waals surface area contributed by atoms with Crippen LogP contribution in [0.1, 0.15) is 122 Å². The fourth-order valence-corrected chi connectivity index (χ4v) is 5.64. The first-order valence-electron chi connectivity index (χ1n) is 13.1. The molecule has 4 rings (SSSR count). The molecule has 28 heavy (non-hydrogen) atoms. The van der Waals surface area contributed by atoms with Crippen LogP contribution in [-0.4, -0.2) is 30.3 Å². The molecule has 0 aromatic heterocycles. The van der Waals surface area contributed by atoms with Gasteiger partial charge in [-0.3, -0.25) is 4.79 Å². The van der Waals surface area contributed by atoms with E-state index in [4.69, 9.17) is 0 Å². The number of carbonyl (C=O) groups is 1. The Bertz CT molecular complexity index is 422. The van der Waals surface area contributed by atoms with E-state index in [1.165, 1.54) is 122 Å². The summed E-state index contributed by atoms with van der Waals surface area (Å²) < 4.78 is 0. The molecule has 2 bridgehead atoms. The lowest BCUT2D eigenvalue weighted by Gasteiger charge is -2.44. The van der Waals surface area contributed by atoms with E-state index in [9.17, 15) is 4.79 Å². The van der Waals surface area contributed by atoms with Gasteiger partial charge in [0, 0.05) is 19.4 Å². The van der Waals surface area contributed by atoms with Crippen molar-refractivity contribution in [2.24, 2.45) is 17.8 Å². The third-order valence-electron chi connectivity index (χ3n) is 7.80. The molecule has 1 aliphatic carbocycles. The van der Waals surface area contributed by atoms with Crippen LogP contribution in [0.15, 0.2) is 0 Å². The van der Waals surface area contributed by atoms with Crippen LogP contribution < -0.4 is 0 Å². The molecule has 4 fully saturated rings. The molecule has 0 aromatic rings. The van der Waals surface area contributed by atoms with Gasteiger partial charge in [-0.2, -0.15) is 0 Å². The van der Waals surface area contributed by atoms with Crippen molar-refractivity contribution in [3.05, 3.63) is 0 Å². The summed E-state index contributed by atoms with van der Waals surface area (Å²) in [5, 5.41) is 0. The Morgan fingerprint density at radius 3 is 1.71 bits per heavy atom. The van der Waals surface area contributed by atoms with Crippen LogP contribution >= 0.6 is 0 Å². The molecule has 3 saturated heterocycles. The molecule has 1 atom stereocenters. The fourth-order valence-electron chi connectivity index (χ4n) is 5.64. The smallest absolute Gasteiger partial charge is 0.133 e. The highest BCUT2D eigenvalue weighted by Crippen LogP contribution is 2.35. The first-order valence-corrected chi connectivity index (χ1v) is 13.1. The number of unbranched alkanes of at least 4 members (excludes halogenated alkanes) is 11. The fraction of sp³-hybridized carbons (Fsp3) is 0.962. The molecule has 2 nitrogen and oxygen atoms in total. The van der Waals surface area contributed by atoms with E-state index in [-0.39, 0.29) is 0 Å². The van der Waals surface area contributed by atoms with E-state index in [0.29, 0.717) is 11.7 Å². The number of piperidine rings is 3. The zero-order valence-corrected chi connectivity index (χ0v) is 18.6. The molecule has 1 saturated carbocycles. The van der Waals surface area contributed by atoms with Crippen molar-refractivity contribution in [2.45, 2.75) is 122 Å². The summed E-state index contributed by atoms with van der Waals surface area (Å²) in [7, 11) is 0. The number of rotatable bonds is 17. The van der Waals surface area contributed by atoms with E-state index in [0.717, 1.165) is 31.1 Å². The average Bonchev–Trinajstić information content (AvgIpc) is 3.53. The van der Waals surface area contributed by atoms with Gasteiger partial charge < -0.3 is 4.90 Å².